The van der Waals surface area contributed by atoms with Crippen molar-refractivity contribution in [2.24, 2.45) is 0 Å². The molecule has 0 saturated carbocycles. The number of aromatic nitrogens is 2. The van der Waals surface area contributed by atoms with E-state index in [1.807, 2.05) is 0 Å². The van der Waals surface area contributed by atoms with Gasteiger partial charge in [0.2, 0.25) is 17.8 Å². The third-order valence-electron chi connectivity index (χ3n) is 4.58. The van der Waals surface area contributed by atoms with Gasteiger partial charge in [0.1, 0.15) is 5.82 Å². The number of nitrogens with one attached hydrogen (secondary N) is 4. The summed E-state index contributed by atoms with van der Waals surface area (Å²) in [7, 11) is 0. The quantitative estimate of drug-likeness (QED) is 0.439. The number of para-hydroxylation sites is 1. The van der Waals surface area contributed by atoms with Crippen molar-refractivity contribution in [2.45, 2.75) is 12.3 Å². The first-order valence-corrected chi connectivity index (χ1v) is 10.2. The van der Waals surface area contributed by atoms with Crippen molar-refractivity contribution in [1.29, 1.82) is 0 Å². The van der Waals surface area contributed by atoms with E-state index in [1.165, 1.54) is 6.07 Å². The van der Waals surface area contributed by atoms with Gasteiger partial charge in [-0.1, -0.05) is 46.9 Å². The molecule has 11 heteroatoms. The molecule has 2 heterocycles. The van der Waals surface area contributed by atoms with Crippen LogP contribution < -0.4 is 21.5 Å². The zero-order valence-electron chi connectivity index (χ0n) is 15.6. The van der Waals surface area contributed by atoms with Crippen LogP contribution in [0.2, 0.25) is 15.1 Å². The normalized spacial score (nSPS) is 15.1. The van der Waals surface area contributed by atoms with E-state index in [0.29, 0.717) is 26.4 Å². The fourth-order valence-corrected chi connectivity index (χ4v) is 3.79. The van der Waals surface area contributed by atoms with Gasteiger partial charge in [0.05, 0.1) is 32.9 Å². The van der Waals surface area contributed by atoms with Crippen LogP contribution in [0.3, 0.4) is 0 Å². The Labute approximate surface area is 190 Å². The van der Waals surface area contributed by atoms with Crippen LogP contribution in [0.1, 0.15) is 17.9 Å². The van der Waals surface area contributed by atoms with Crippen LogP contribution in [0, 0.1) is 0 Å². The molecule has 0 saturated heterocycles. The number of carbonyl (C=O) groups is 2. The molecule has 4 rings (SSSR count). The molecule has 1 atom stereocenters. The van der Waals surface area contributed by atoms with Crippen LogP contribution >= 0.6 is 34.8 Å². The Morgan fingerprint density at radius 1 is 1.03 bits per heavy atom. The summed E-state index contributed by atoms with van der Waals surface area (Å²) >= 11 is 18.1. The SMILES string of the molecule is O=C1CC(C(=O)Nc2ccccc2Cl)c2c(nc(Nc3ccc(Cl)cc3Cl)[nH]c2=O)N1. The predicted octanol–water partition coefficient (Wildman–Crippen LogP) is 4.54. The van der Waals surface area contributed by atoms with Crippen molar-refractivity contribution in [1.82, 2.24) is 9.97 Å². The predicted molar refractivity (Wildman–Crippen MR) is 121 cm³/mol. The second kappa shape index (κ2) is 8.58. The van der Waals surface area contributed by atoms with Crippen LogP contribution in [0.4, 0.5) is 23.1 Å². The third kappa shape index (κ3) is 4.51. The van der Waals surface area contributed by atoms with Gasteiger partial charge in [-0.15, -0.1) is 0 Å². The van der Waals surface area contributed by atoms with E-state index >= 15 is 0 Å². The molecule has 1 aromatic heterocycles. The number of nitrogens with zero attached hydrogens (tertiary/aromatic N) is 1. The largest absolute Gasteiger partial charge is 0.324 e. The minimum absolute atomic E-state index is 0.00751. The van der Waals surface area contributed by atoms with Crippen LogP contribution in [0.5, 0.6) is 0 Å². The number of benzene rings is 2. The van der Waals surface area contributed by atoms with Crippen LogP contribution in [0.25, 0.3) is 0 Å². The summed E-state index contributed by atoms with van der Waals surface area (Å²) in [6.07, 6.45) is -0.205. The second-order valence-electron chi connectivity index (χ2n) is 6.70. The number of fused-ring (bicyclic) bond motifs is 1. The molecule has 31 heavy (non-hydrogen) atoms. The van der Waals surface area contributed by atoms with E-state index in [4.69, 9.17) is 34.8 Å². The molecule has 0 bridgehead atoms. The van der Waals surface area contributed by atoms with Crippen molar-refractivity contribution >= 4 is 69.8 Å². The Bertz CT molecular complexity index is 1260. The van der Waals surface area contributed by atoms with Gasteiger partial charge in [0.25, 0.3) is 5.56 Å². The molecule has 1 aliphatic rings. The number of anilines is 4. The minimum atomic E-state index is -1.04. The van der Waals surface area contributed by atoms with Crippen LogP contribution in [0.15, 0.2) is 47.3 Å². The Kier molecular flexibility index (Phi) is 5.86. The lowest BCUT2D eigenvalue weighted by Gasteiger charge is -2.24. The highest BCUT2D eigenvalue weighted by molar-refractivity contribution is 6.36. The minimum Gasteiger partial charge on any atom is -0.324 e. The smallest absolute Gasteiger partial charge is 0.258 e. The van der Waals surface area contributed by atoms with Gasteiger partial charge < -0.3 is 16.0 Å². The Balaban J connectivity index is 1.66. The fraction of sp³-hybridized carbons (Fsp3) is 0.100. The highest BCUT2D eigenvalue weighted by Crippen LogP contribution is 2.32. The second-order valence-corrected chi connectivity index (χ2v) is 7.95. The van der Waals surface area contributed by atoms with Gasteiger partial charge in [0.15, 0.2) is 0 Å². The molecular formula is C20H14Cl3N5O3. The van der Waals surface area contributed by atoms with E-state index in [-0.39, 0.29) is 23.8 Å². The maximum atomic E-state index is 12.9. The molecule has 2 amide bonds. The zero-order chi connectivity index (χ0) is 22.1. The molecule has 1 unspecified atom stereocenters. The van der Waals surface area contributed by atoms with Gasteiger partial charge in [-0.25, -0.2) is 0 Å². The Morgan fingerprint density at radius 3 is 2.55 bits per heavy atom. The number of aromatic amines is 1. The monoisotopic (exact) mass is 477 g/mol. The van der Waals surface area contributed by atoms with Gasteiger partial charge in [0, 0.05) is 11.4 Å². The number of amides is 2. The molecule has 158 valence electrons. The third-order valence-corrected chi connectivity index (χ3v) is 5.46. The first-order chi connectivity index (χ1) is 14.8. The van der Waals surface area contributed by atoms with E-state index in [1.54, 1.807) is 36.4 Å². The average Bonchev–Trinajstić information content (AvgIpc) is 2.71. The Hall–Kier alpha value is -3.07. The lowest BCUT2D eigenvalue weighted by Crippen LogP contribution is -2.36. The number of carbonyl (C=O) groups excluding carboxylic acids is 2. The summed E-state index contributed by atoms with van der Waals surface area (Å²) in [5.74, 6) is -1.99. The topological polar surface area (TPSA) is 116 Å². The molecule has 3 aromatic rings. The van der Waals surface area contributed by atoms with Crippen molar-refractivity contribution in [3.8, 4) is 0 Å². The highest BCUT2D eigenvalue weighted by Gasteiger charge is 2.35. The molecule has 0 fully saturated rings. The van der Waals surface area contributed by atoms with Gasteiger partial charge in [-0.3, -0.25) is 19.4 Å². The van der Waals surface area contributed by atoms with E-state index in [0.717, 1.165) is 0 Å². The molecule has 8 nitrogen and oxygen atoms in total. The summed E-state index contributed by atoms with van der Waals surface area (Å²) in [5, 5.41) is 9.17. The van der Waals surface area contributed by atoms with Crippen molar-refractivity contribution in [3.05, 3.63) is 73.4 Å². The molecule has 0 radical (unpaired) electrons. The van der Waals surface area contributed by atoms with Gasteiger partial charge in [-0.05, 0) is 30.3 Å². The summed E-state index contributed by atoms with van der Waals surface area (Å²) < 4.78 is 0. The summed E-state index contributed by atoms with van der Waals surface area (Å²) in [5.41, 5.74) is 0.305. The molecule has 4 N–H and O–H groups in total. The number of hydrogen-bond acceptors (Lipinski definition) is 5. The molecule has 0 spiro atoms. The maximum Gasteiger partial charge on any atom is 0.258 e. The first kappa shape index (κ1) is 21.2. The summed E-state index contributed by atoms with van der Waals surface area (Å²) in [6.45, 7) is 0. The van der Waals surface area contributed by atoms with Crippen LogP contribution in [-0.4, -0.2) is 21.8 Å². The van der Waals surface area contributed by atoms with E-state index < -0.39 is 23.3 Å². The fourth-order valence-electron chi connectivity index (χ4n) is 3.16. The van der Waals surface area contributed by atoms with Crippen LogP contribution in [-0.2, 0) is 9.59 Å². The van der Waals surface area contributed by atoms with Gasteiger partial charge >= 0.3 is 0 Å². The highest BCUT2D eigenvalue weighted by atomic mass is 35.5. The lowest BCUT2D eigenvalue weighted by atomic mass is 9.92. The number of rotatable bonds is 4. The zero-order valence-corrected chi connectivity index (χ0v) is 17.9. The number of H-pyrrole nitrogens is 1. The van der Waals surface area contributed by atoms with Gasteiger partial charge in [-0.2, -0.15) is 4.98 Å². The van der Waals surface area contributed by atoms with Crippen molar-refractivity contribution < 1.29 is 9.59 Å². The van der Waals surface area contributed by atoms with Crippen molar-refractivity contribution in [2.75, 3.05) is 16.0 Å². The molecular weight excluding hydrogens is 465 g/mol. The summed E-state index contributed by atoms with van der Waals surface area (Å²) in [4.78, 5) is 44.7. The lowest BCUT2D eigenvalue weighted by molar-refractivity contribution is -0.123. The molecule has 1 aliphatic heterocycles. The van der Waals surface area contributed by atoms with Crippen molar-refractivity contribution in [3.63, 3.8) is 0 Å². The molecule has 2 aromatic carbocycles. The summed E-state index contributed by atoms with van der Waals surface area (Å²) in [6, 6.07) is 11.4. The average molecular weight is 479 g/mol. The Morgan fingerprint density at radius 2 is 1.81 bits per heavy atom. The first-order valence-electron chi connectivity index (χ1n) is 9.03. The maximum absolute atomic E-state index is 12.9. The van der Waals surface area contributed by atoms with E-state index in [2.05, 4.69) is 25.9 Å². The van der Waals surface area contributed by atoms with E-state index in [9.17, 15) is 14.4 Å². The number of hydrogen-bond donors (Lipinski definition) is 4. The standard InChI is InChI=1S/C20H14Cl3N5O3/c21-9-5-6-14(12(23)7-9)25-20-27-17-16(19(31)28-20)10(8-15(29)26-17)18(30)24-13-4-2-1-3-11(13)22/h1-7,10H,8H2,(H,24,30)(H3,25,26,27,28,29,31). The molecule has 0 aliphatic carbocycles. The number of halogens is 3.